The third-order valence-corrected chi connectivity index (χ3v) is 6.24. The lowest BCUT2D eigenvalue weighted by molar-refractivity contribution is -0.142. The zero-order chi connectivity index (χ0) is 18.1. The lowest BCUT2D eigenvalue weighted by Gasteiger charge is -2.45. The van der Waals surface area contributed by atoms with Crippen molar-refractivity contribution < 1.29 is 9.53 Å². The SMILES string of the molecule is CC(C)(C)[C@@H]1CC(C(=O)Oc2ccc(I)cc2)C[C@@H](C(C)(C)C)C1. The second-order valence-corrected chi connectivity index (χ2v) is 10.7. The van der Waals surface area contributed by atoms with Gasteiger partial charge in [0.1, 0.15) is 5.75 Å². The van der Waals surface area contributed by atoms with Crippen molar-refractivity contribution in [1.29, 1.82) is 0 Å². The zero-order valence-electron chi connectivity index (χ0n) is 15.9. The van der Waals surface area contributed by atoms with E-state index in [9.17, 15) is 4.79 Å². The highest BCUT2D eigenvalue weighted by atomic mass is 127. The first-order chi connectivity index (χ1) is 11.0. The summed E-state index contributed by atoms with van der Waals surface area (Å²) in [4.78, 5) is 12.8. The molecule has 24 heavy (non-hydrogen) atoms. The minimum Gasteiger partial charge on any atom is -0.426 e. The average molecular weight is 442 g/mol. The van der Waals surface area contributed by atoms with E-state index in [1.165, 1.54) is 6.42 Å². The van der Waals surface area contributed by atoms with Crippen LogP contribution in [-0.2, 0) is 4.79 Å². The first kappa shape index (κ1) is 19.7. The second kappa shape index (κ2) is 7.35. The summed E-state index contributed by atoms with van der Waals surface area (Å²) in [6.45, 7) is 13.8. The molecule has 1 aliphatic rings. The number of hydrogen-bond donors (Lipinski definition) is 0. The summed E-state index contributed by atoms with van der Waals surface area (Å²) in [5.74, 6) is 1.73. The molecule has 1 fully saturated rings. The van der Waals surface area contributed by atoms with E-state index in [-0.39, 0.29) is 22.7 Å². The van der Waals surface area contributed by atoms with E-state index < -0.39 is 0 Å². The topological polar surface area (TPSA) is 26.3 Å². The van der Waals surface area contributed by atoms with Crippen molar-refractivity contribution in [3.8, 4) is 5.75 Å². The van der Waals surface area contributed by atoms with Crippen LogP contribution >= 0.6 is 22.6 Å². The predicted molar refractivity (Wildman–Crippen MR) is 108 cm³/mol. The summed E-state index contributed by atoms with van der Waals surface area (Å²) in [6.07, 6.45) is 3.10. The van der Waals surface area contributed by atoms with E-state index >= 15 is 0 Å². The fourth-order valence-electron chi connectivity index (χ4n) is 3.63. The van der Waals surface area contributed by atoms with Gasteiger partial charge < -0.3 is 4.74 Å². The largest absolute Gasteiger partial charge is 0.426 e. The number of benzene rings is 1. The normalized spacial score (nSPS) is 25.4. The molecule has 0 aliphatic heterocycles. The molecular formula is C21H31IO2. The Hall–Kier alpha value is -0.580. The molecule has 1 saturated carbocycles. The molecule has 1 aliphatic carbocycles. The Morgan fingerprint density at radius 1 is 0.917 bits per heavy atom. The first-order valence-corrected chi connectivity index (χ1v) is 10.0. The third-order valence-electron chi connectivity index (χ3n) is 5.52. The number of ether oxygens (including phenoxy) is 1. The maximum absolute atomic E-state index is 12.8. The van der Waals surface area contributed by atoms with Crippen molar-refractivity contribution in [2.24, 2.45) is 28.6 Å². The van der Waals surface area contributed by atoms with Gasteiger partial charge in [-0.1, -0.05) is 41.5 Å². The molecule has 0 saturated heterocycles. The molecule has 0 bridgehead atoms. The maximum Gasteiger partial charge on any atom is 0.314 e. The van der Waals surface area contributed by atoms with Gasteiger partial charge in [0.05, 0.1) is 5.92 Å². The van der Waals surface area contributed by atoms with Crippen LogP contribution in [0.15, 0.2) is 24.3 Å². The summed E-state index contributed by atoms with van der Waals surface area (Å²) in [5.41, 5.74) is 0.455. The molecule has 0 spiro atoms. The monoisotopic (exact) mass is 442 g/mol. The van der Waals surface area contributed by atoms with Crippen LogP contribution in [0, 0.1) is 32.2 Å². The Morgan fingerprint density at radius 3 is 1.79 bits per heavy atom. The highest BCUT2D eigenvalue weighted by molar-refractivity contribution is 14.1. The molecule has 0 unspecified atom stereocenters. The summed E-state index contributed by atoms with van der Waals surface area (Å²) < 4.78 is 6.83. The van der Waals surface area contributed by atoms with Crippen molar-refractivity contribution in [2.75, 3.05) is 0 Å². The smallest absolute Gasteiger partial charge is 0.314 e. The van der Waals surface area contributed by atoms with Gasteiger partial charge in [-0.2, -0.15) is 0 Å². The predicted octanol–water partition coefficient (Wildman–Crippen LogP) is 6.32. The molecule has 0 radical (unpaired) electrons. The Morgan fingerprint density at radius 2 is 1.38 bits per heavy atom. The van der Waals surface area contributed by atoms with Crippen LogP contribution in [-0.4, -0.2) is 5.97 Å². The fourth-order valence-corrected chi connectivity index (χ4v) is 3.99. The molecule has 1 aromatic rings. The minimum atomic E-state index is -0.0561. The minimum absolute atomic E-state index is 0.00600. The van der Waals surface area contributed by atoms with Gasteiger partial charge in [0.2, 0.25) is 0 Å². The van der Waals surface area contributed by atoms with Crippen LogP contribution in [0.25, 0.3) is 0 Å². The van der Waals surface area contributed by atoms with Crippen molar-refractivity contribution >= 4 is 28.6 Å². The Bertz CT molecular complexity index is 541. The van der Waals surface area contributed by atoms with Crippen LogP contribution in [0.5, 0.6) is 5.75 Å². The highest BCUT2D eigenvalue weighted by Crippen LogP contribution is 2.48. The van der Waals surface area contributed by atoms with Crippen molar-refractivity contribution in [3.63, 3.8) is 0 Å². The molecule has 0 N–H and O–H groups in total. The number of halogens is 1. The molecule has 134 valence electrons. The number of hydrogen-bond acceptors (Lipinski definition) is 2. The van der Waals surface area contributed by atoms with E-state index in [0.29, 0.717) is 17.6 Å². The standard InChI is InChI=1S/C21H31IO2/c1-20(2,3)15-11-14(12-16(13-15)21(4,5)6)19(23)24-18-9-7-17(22)8-10-18/h7-10,14-16H,11-13H2,1-6H3/t15-,16-/m1/s1. The van der Waals surface area contributed by atoms with E-state index in [2.05, 4.69) is 64.1 Å². The van der Waals surface area contributed by atoms with E-state index in [1.54, 1.807) is 0 Å². The van der Waals surface area contributed by atoms with Gasteiger partial charge in [-0.05, 0) is 88.8 Å². The van der Waals surface area contributed by atoms with Gasteiger partial charge >= 0.3 is 5.97 Å². The van der Waals surface area contributed by atoms with Crippen molar-refractivity contribution in [3.05, 3.63) is 27.8 Å². The third kappa shape index (κ3) is 5.21. The molecule has 0 heterocycles. The van der Waals surface area contributed by atoms with Crippen LogP contribution in [0.1, 0.15) is 60.8 Å². The molecule has 1 aromatic carbocycles. The lowest BCUT2D eigenvalue weighted by Crippen LogP contribution is -2.39. The number of rotatable bonds is 2. The van der Waals surface area contributed by atoms with Gasteiger partial charge in [0, 0.05) is 3.57 Å². The molecule has 0 aromatic heterocycles. The summed E-state index contributed by atoms with van der Waals surface area (Å²) in [6, 6.07) is 7.70. The first-order valence-electron chi connectivity index (χ1n) is 8.94. The summed E-state index contributed by atoms with van der Waals surface area (Å²) in [7, 11) is 0. The van der Waals surface area contributed by atoms with Crippen LogP contribution < -0.4 is 4.74 Å². The summed E-state index contributed by atoms with van der Waals surface area (Å²) >= 11 is 2.26. The fraction of sp³-hybridized carbons (Fsp3) is 0.667. The van der Waals surface area contributed by atoms with Crippen LogP contribution in [0.3, 0.4) is 0 Å². The maximum atomic E-state index is 12.8. The molecule has 2 atom stereocenters. The van der Waals surface area contributed by atoms with Crippen molar-refractivity contribution in [2.45, 2.75) is 60.8 Å². The molecular weight excluding hydrogens is 411 g/mol. The van der Waals surface area contributed by atoms with Gasteiger partial charge in [0.25, 0.3) is 0 Å². The zero-order valence-corrected chi connectivity index (χ0v) is 18.0. The number of carbonyl (C=O) groups is 1. The Kier molecular flexibility index (Phi) is 6.04. The Balaban J connectivity index is 2.14. The van der Waals surface area contributed by atoms with Crippen LogP contribution in [0.4, 0.5) is 0 Å². The highest BCUT2D eigenvalue weighted by Gasteiger charge is 2.42. The van der Waals surface area contributed by atoms with Gasteiger partial charge in [-0.15, -0.1) is 0 Å². The lowest BCUT2D eigenvalue weighted by atomic mass is 9.60. The molecule has 2 rings (SSSR count). The van der Waals surface area contributed by atoms with Crippen molar-refractivity contribution in [1.82, 2.24) is 0 Å². The molecule has 2 nitrogen and oxygen atoms in total. The molecule has 3 heteroatoms. The second-order valence-electron chi connectivity index (χ2n) is 9.40. The average Bonchev–Trinajstić information content (AvgIpc) is 2.47. The van der Waals surface area contributed by atoms with Gasteiger partial charge in [-0.3, -0.25) is 4.79 Å². The van der Waals surface area contributed by atoms with Gasteiger partial charge in [-0.25, -0.2) is 0 Å². The van der Waals surface area contributed by atoms with E-state index in [1.807, 2.05) is 24.3 Å². The Labute approximate surface area is 160 Å². The number of carbonyl (C=O) groups excluding carboxylic acids is 1. The summed E-state index contributed by atoms with van der Waals surface area (Å²) in [5, 5.41) is 0. The van der Waals surface area contributed by atoms with E-state index in [0.717, 1.165) is 16.4 Å². The van der Waals surface area contributed by atoms with Crippen LogP contribution in [0.2, 0.25) is 0 Å². The quantitative estimate of drug-likeness (QED) is 0.304. The van der Waals surface area contributed by atoms with Gasteiger partial charge in [0.15, 0.2) is 0 Å². The van der Waals surface area contributed by atoms with E-state index in [4.69, 9.17) is 4.74 Å². The molecule has 0 amide bonds. The number of esters is 1.